The predicted molar refractivity (Wildman–Crippen MR) is 137 cm³/mol. The molecule has 0 saturated carbocycles. The quantitative estimate of drug-likeness (QED) is 0.393. The van der Waals surface area contributed by atoms with Crippen molar-refractivity contribution in [2.24, 2.45) is 5.41 Å². The molecule has 0 fully saturated rings. The van der Waals surface area contributed by atoms with Crippen LogP contribution in [0.25, 0.3) is 0 Å². The number of aryl methyl sites for hydroxylation is 2. The van der Waals surface area contributed by atoms with Gasteiger partial charge in [0.15, 0.2) is 0 Å². The Balaban J connectivity index is 0.000000339. The van der Waals surface area contributed by atoms with Crippen LogP contribution in [0.15, 0.2) is 72.8 Å². The van der Waals surface area contributed by atoms with Crippen LogP contribution < -0.4 is 5.46 Å². The molecule has 1 aliphatic carbocycles. The van der Waals surface area contributed by atoms with Crippen molar-refractivity contribution in [1.29, 1.82) is 0 Å². The zero-order valence-electron chi connectivity index (χ0n) is 20.0. The molecule has 0 saturated heterocycles. The lowest BCUT2D eigenvalue weighted by Crippen LogP contribution is -2.22. The predicted octanol–water partition coefficient (Wildman–Crippen LogP) is 7.48. The normalized spacial score (nSPS) is 18.0. The fourth-order valence-corrected chi connectivity index (χ4v) is 4.34. The molecule has 0 N–H and O–H groups in total. The molecule has 3 aromatic rings. The van der Waals surface area contributed by atoms with Crippen molar-refractivity contribution in [3.8, 4) is 0 Å². The van der Waals surface area contributed by atoms with Gasteiger partial charge < -0.3 is 0 Å². The fraction of sp³-hybridized carbons (Fsp3) is 0.400. The maximum atomic E-state index is 6.03. The number of fused-ring (bicyclic) bond motifs is 1. The van der Waals surface area contributed by atoms with E-state index >= 15 is 0 Å². The minimum absolute atomic E-state index is 0.400. The highest BCUT2D eigenvalue weighted by atomic mass is 14.3. The summed E-state index contributed by atoms with van der Waals surface area (Å²) in [6.07, 6.45) is 4.86. The fourth-order valence-electron chi connectivity index (χ4n) is 4.34. The molecule has 0 spiro atoms. The summed E-state index contributed by atoms with van der Waals surface area (Å²) in [6.45, 7) is 11.2. The Bertz CT molecular complexity index is 947. The first-order valence-electron chi connectivity index (χ1n) is 11.8. The van der Waals surface area contributed by atoms with Crippen LogP contribution in [-0.4, -0.2) is 7.85 Å². The van der Waals surface area contributed by atoms with E-state index in [1.165, 1.54) is 47.1 Å². The first-order valence-corrected chi connectivity index (χ1v) is 11.8. The van der Waals surface area contributed by atoms with Gasteiger partial charge in [-0.15, -0.1) is 0 Å². The summed E-state index contributed by atoms with van der Waals surface area (Å²) in [6, 6.07) is 26.4. The second-order valence-electron chi connectivity index (χ2n) is 9.77. The maximum Gasteiger partial charge on any atom is 0.113 e. The zero-order chi connectivity index (χ0) is 22.4. The van der Waals surface area contributed by atoms with Crippen LogP contribution in [0.2, 0.25) is 0 Å². The van der Waals surface area contributed by atoms with Gasteiger partial charge in [-0.1, -0.05) is 124 Å². The van der Waals surface area contributed by atoms with Crippen molar-refractivity contribution < 1.29 is 0 Å². The Kier molecular flexibility index (Phi) is 7.81. The van der Waals surface area contributed by atoms with Gasteiger partial charge in [0.25, 0.3) is 0 Å². The molecule has 0 nitrogen and oxygen atoms in total. The molecule has 160 valence electrons. The topological polar surface area (TPSA) is 0 Å². The lowest BCUT2D eigenvalue weighted by Gasteiger charge is -2.35. The summed E-state index contributed by atoms with van der Waals surface area (Å²) in [5.41, 5.74) is 8.45. The zero-order valence-corrected chi connectivity index (χ0v) is 20.0. The van der Waals surface area contributed by atoms with E-state index in [2.05, 4.69) is 101 Å². The smallest absolute Gasteiger partial charge is 0.0964 e. The summed E-state index contributed by atoms with van der Waals surface area (Å²) < 4.78 is 0. The van der Waals surface area contributed by atoms with Gasteiger partial charge in [0.1, 0.15) is 7.85 Å². The first kappa shape index (κ1) is 23.4. The molecule has 4 rings (SSSR count). The van der Waals surface area contributed by atoms with E-state index in [9.17, 15) is 0 Å². The van der Waals surface area contributed by atoms with Gasteiger partial charge in [0, 0.05) is 5.92 Å². The van der Waals surface area contributed by atoms with Crippen molar-refractivity contribution >= 4 is 13.3 Å². The van der Waals surface area contributed by atoms with E-state index in [1.54, 1.807) is 0 Å². The molecule has 31 heavy (non-hydrogen) atoms. The van der Waals surface area contributed by atoms with Crippen LogP contribution >= 0.6 is 0 Å². The monoisotopic (exact) mass is 408 g/mol. The van der Waals surface area contributed by atoms with Crippen LogP contribution in [0.1, 0.15) is 86.6 Å². The minimum Gasteiger partial charge on any atom is -0.0964 e. The number of hydrogen-bond donors (Lipinski definition) is 0. The van der Waals surface area contributed by atoms with E-state index in [0.29, 0.717) is 17.3 Å². The first-order chi connectivity index (χ1) is 14.8. The molecular weight excluding hydrogens is 371 g/mol. The van der Waals surface area contributed by atoms with Crippen molar-refractivity contribution in [2.75, 3.05) is 0 Å². The average Bonchev–Trinajstić information content (AvgIpc) is 2.80. The van der Waals surface area contributed by atoms with Gasteiger partial charge in [-0.2, -0.15) is 0 Å². The molecule has 0 amide bonds. The second kappa shape index (κ2) is 10.4. The molecule has 1 heteroatoms. The number of benzene rings is 3. The maximum absolute atomic E-state index is 6.03. The Labute approximate surface area is 191 Å². The van der Waals surface area contributed by atoms with E-state index in [-0.39, 0.29) is 0 Å². The highest BCUT2D eigenvalue weighted by Gasteiger charge is 2.31. The number of hydrogen-bond acceptors (Lipinski definition) is 0. The highest BCUT2D eigenvalue weighted by molar-refractivity contribution is 6.32. The Hall–Kier alpha value is -2.28. The number of rotatable bonds is 4. The summed E-state index contributed by atoms with van der Waals surface area (Å²) >= 11 is 0. The van der Waals surface area contributed by atoms with E-state index in [0.717, 1.165) is 11.9 Å². The Morgan fingerprint density at radius 2 is 1.48 bits per heavy atom. The third-order valence-electron chi connectivity index (χ3n) is 7.21. The largest absolute Gasteiger partial charge is 0.113 e. The molecule has 0 heterocycles. The molecule has 0 aromatic heterocycles. The van der Waals surface area contributed by atoms with Crippen molar-refractivity contribution in [1.82, 2.24) is 0 Å². The third kappa shape index (κ3) is 5.91. The molecule has 2 atom stereocenters. The molecule has 0 bridgehead atoms. The standard InChI is InChI=1S/C23H21B.C7H16/c1-16-7-9-18(10-8-16)23-21(17-5-3-2-4-6-17)13-11-19-15-20(24)12-14-22(19)23;1-5-7(3,4)6-2/h2-10,12,14-15,21,23H,11,13H2,1H3;5-6H2,1-4H3. The van der Waals surface area contributed by atoms with E-state index in [4.69, 9.17) is 7.85 Å². The Morgan fingerprint density at radius 3 is 2.06 bits per heavy atom. The lowest BCUT2D eigenvalue weighted by atomic mass is 9.68. The van der Waals surface area contributed by atoms with E-state index in [1.807, 2.05) is 6.07 Å². The van der Waals surface area contributed by atoms with Crippen LogP contribution in [0, 0.1) is 12.3 Å². The van der Waals surface area contributed by atoms with Crippen molar-refractivity contribution in [3.05, 3.63) is 101 Å². The van der Waals surface area contributed by atoms with Gasteiger partial charge in [-0.25, -0.2) is 0 Å². The molecule has 0 aliphatic heterocycles. The van der Waals surface area contributed by atoms with Gasteiger partial charge in [-0.3, -0.25) is 0 Å². The van der Waals surface area contributed by atoms with Crippen molar-refractivity contribution in [3.63, 3.8) is 0 Å². The van der Waals surface area contributed by atoms with Crippen LogP contribution in [0.4, 0.5) is 0 Å². The second-order valence-corrected chi connectivity index (χ2v) is 9.77. The van der Waals surface area contributed by atoms with Gasteiger partial charge >= 0.3 is 0 Å². The molecule has 2 radical (unpaired) electrons. The highest BCUT2D eigenvalue weighted by Crippen LogP contribution is 2.45. The van der Waals surface area contributed by atoms with Gasteiger partial charge in [0.2, 0.25) is 0 Å². The van der Waals surface area contributed by atoms with Crippen LogP contribution in [0.3, 0.4) is 0 Å². The van der Waals surface area contributed by atoms with Gasteiger partial charge in [-0.05, 0) is 53.4 Å². The minimum atomic E-state index is 0.400. The lowest BCUT2D eigenvalue weighted by molar-refractivity contribution is 0.338. The molecule has 2 unspecified atom stereocenters. The average molecular weight is 408 g/mol. The molecule has 3 aromatic carbocycles. The molecular formula is C30H37B. The Morgan fingerprint density at radius 1 is 0.839 bits per heavy atom. The van der Waals surface area contributed by atoms with Crippen molar-refractivity contribution in [2.45, 2.75) is 72.1 Å². The summed E-state index contributed by atoms with van der Waals surface area (Å²) in [7, 11) is 6.03. The van der Waals surface area contributed by atoms with Crippen LogP contribution in [-0.2, 0) is 6.42 Å². The SMILES string of the molecule is CCC(C)(C)CC.[B]c1ccc2c(c1)CCC(c1ccccc1)C2c1ccc(C)cc1. The van der Waals surface area contributed by atoms with Crippen LogP contribution in [0.5, 0.6) is 0 Å². The summed E-state index contributed by atoms with van der Waals surface area (Å²) in [4.78, 5) is 0. The molecule has 1 aliphatic rings. The van der Waals surface area contributed by atoms with E-state index < -0.39 is 0 Å². The van der Waals surface area contributed by atoms with Gasteiger partial charge in [0.05, 0.1) is 0 Å². The summed E-state index contributed by atoms with van der Waals surface area (Å²) in [5.74, 6) is 0.919. The third-order valence-corrected chi connectivity index (χ3v) is 7.21. The summed E-state index contributed by atoms with van der Waals surface area (Å²) in [5, 5.41) is 0.